The molecule has 7 aromatic rings. The maximum Gasteiger partial charge on any atom is 0.160 e. The summed E-state index contributed by atoms with van der Waals surface area (Å²) in [6.45, 7) is 0. The molecule has 1 spiro atoms. The number of pyridine rings is 1. The predicted molar refractivity (Wildman–Crippen MR) is 174 cm³/mol. The summed E-state index contributed by atoms with van der Waals surface area (Å²) >= 11 is 0. The van der Waals surface area contributed by atoms with E-state index in [4.69, 9.17) is 19.7 Å². The minimum absolute atomic E-state index is 0.585. The lowest BCUT2D eigenvalue weighted by molar-refractivity contribution is 0.436. The highest BCUT2D eigenvalue weighted by Crippen LogP contribution is 2.61. The van der Waals surface area contributed by atoms with Crippen molar-refractivity contribution in [2.45, 2.75) is 5.41 Å². The average Bonchev–Trinajstić information content (AvgIpc) is 3.39. The molecule has 5 aromatic carbocycles. The Bertz CT molecular complexity index is 2110. The van der Waals surface area contributed by atoms with Gasteiger partial charge in [0.15, 0.2) is 5.82 Å². The molecular formula is C40H25N3O. The lowest BCUT2D eigenvalue weighted by Gasteiger charge is -2.39. The van der Waals surface area contributed by atoms with Crippen molar-refractivity contribution in [2.75, 3.05) is 0 Å². The molecule has 9 rings (SSSR count). The van der Waals surface area contributed by atoms with Gasteiger partial charge in [0.05, 0.1) is 22.5 Å². The van der Waals surface area contributed by atoms with Gasteiger partial charge in [-0.25, -0.2) is 9.97 Å². The van der Waals surface area contributed by atoms with Gasteiger partial charge >= 0.3 is 0 Å². The van der Waals surface area contributed by atoms with E-state index < -0.39 is 5.41 Å². The molecule has 3 heterocycles. The fourth-order valence-electron chi connectivity index (χ4n) is 6.93. The van der Waals surface area contributed by atoms with Crippen LogP contribution in [-0.2, 0) is 5.41 Å². The van der Waals surface area contributed by atoms with Crippen molar-refractivity contribution in [2.24, 2.45) is 0 Å². The van der Waals surface area contributed by atoms with Gasteiger partial charge in [-0.05, 0) is 41.5 Å². The summed E-state index contributed by atoms with van der Waals surface area (Å²) in [4.78, 5) is 15.1. The molecule has 44 heavy (non-hydrogen) atoms. The molecule has 0 saturated carbocycles. The van der Waals surface area contributed by atoms with E-state index in [0.717, 1.165) is 67.5 Å². The molecule has 4 nitrogen and oxygen atoms in total. The van der Waals surface area contributed by atoms with E-state index in [2.05, 4.69) is 91.0 Å². The van der Waals surface area contributed by atoms with Gasteiger partial charge in [0.1, 0.15) is 11.5 Å². The van der Waals surface area contributed by atoms with E-state index in [1.54, 1.807) is 0 Å². The van der Waals surface area contributed by atoms with Crippen LogP contribution >= 0.6 is 0 Å². The van der Waals surface area contributed by atoms with Gasteiger partial charge in [-0.2, -0.15) is 0 Å². The number of nitrogens with zero attached hydrogens (tertiary/aromatic N) is 3. The molecule has 2 aliphatic rings. The molecule has 0 fully saturated rings. The number of aromatic nitrogens is 3. The molecule has 0 amide bonds. The summed E-state index contributed by atoms with van der Waals surface area (Å²) in [6.07, 6.45) is 1.88. The third-order valence-corrected chi connectivity index (χ3v) is 8.82. The summed E-state index contributed by atoms with van der Waals surface area (Å²) in [5, 5.41) is 0. The van der Waals surface area contributed by atoms with Crippen molar-refractivity contribution in [1.82, 2.24) is 15.0 Å². The van der Waals surface area contributed by atoms with Gasteiger partial charge in [0.2, 0.25) is 0 Å². The zero-order valence-electron chi connectivity index (χ0n) is 23.7. The van der Waals surface area contributed by atoms with Gasteiger partial charge in [-0.3, -0.25) is 4.98 Å². The van der Waals surface area contributed by atoms with E-state index in [-0.39, 0.29) is 0 Å². The molecule has 1 aliphatic carbocycles. The van der Waals surface area contributed by atoms with Gasteiger partial charge in [0, 0.05) is 39.6 Å². The maximum atomic E-state index is 6.50. The average molecular weight is 564 g/mol. The first-order valence-electron chi connectivity index (χ1n) is 14.8. The first kappa shape index (κ1) is 24.7. The third-order valence-electron chi connectivity index (χ3n) is 8.82. The lowest BCUT2D eigenvalue weighted by atomic mass is 9.66. The Kier molecular flexibility index (Phi) is 5.38. The van der Waals surface area contributed by atoms with Crippen molar-refractivity contribution in [3.8, 4) is 56.7 Å². The van der Waals surface area contributed by atoms with Gasteiger partial charge in [0.25, 0.3) is 0 Å². The smallest absolute Gasteiger partial charge is 0.160 e. The largest absolute Gasteiger partial charge is 0.457 e. The Morgan fingerprint density at radius 2 is 1.05 bits per heavy atom. The Morgan fingerprint density at radius 3 is 1.75 bits per heavy atom. The second kappa shape index (κ2) is 9.58. The van der Waals surface area contributed by atoms with Crippen LogP contribution in [-0.4, -0.2) is 15.0 Å². The number of hydrogen-bond acceptors (Lipinski definition) is 4. The Balaban J connectivity index is 1.33. The highest BCUT2D eigenvalue weighted by Gasteiger charge is 2.51. The van der Waals surface area contributed by atoms with E-state index in [1.807, 2.05) is 60.8 Å². The summed E-state index contributed by atoms with van der Waals surface area (Å²) in [6, 6.07) is 50.3. The molecule has 206 valence electrons. The molecule has 0 bridgehead atoms. The Morgan fingerprint density at radius 1 is 0.455 bits per heavy atom. The van der Waals surface area contributed by atoms with Crippen LogP contribution in [0.3, 0.4) is 0 Å². The minimum atomic E-state index is -0.585. The first-order valence-corrected chi connectivity index (χ1v) is 14.8. The van der Waals surface area contributed by atoms with Crippen molar-refractivity contribution in [3.05, 3.63) is 174 Å². The highest BCUT2D eigenvalue weighted by molar-refractivity contribution is 5.88. The Labute approximate surface area is 255 Å². The van der Waals surface area contributed by atoms with E-state index in [1.165, 1.54) is 5.56 Å². The molecule has 2 aromatic heterocycles. The lowest BCUT2D eigenvalue weighted by Crippen LogP contribution is -2.32. The fraction of sp³-hybridized carbons (Fsp3) is 0.0250. The van der Waals surface area contributed by atoms with Crippen LogP contribution in [0, 0.1) is 0 Å². The predicted octanol–water partition coefficient (Wildman–Crippen LogP) is 9.34. The topological polar surface area (TPSA) is 47.9 Å². The number of hydrogen-bond donors (Lipinski definition) is 0. The number of benzene rings is 5. The van der Waals surface area contributed by atoms with Crippen LogP contribution in [0.1, 0.15) is 22.3 Å². The van der Waals surface area contributed by atoms with Crippen LogP contribution in [0.4, 0.5) is 0 Å². The summed E-state index contributed by atoms with van der Waals surface area (Å²) < 4.78 is 6.50. The SMILES string of the molecule is c1ccc(-c2cc(-c3ccc4c(c3)C3(c5ccccc5Oc5ccccc53)c3cccnc3-4)nc(-c3ccccc3)n2)cc1. The van der Waals surface area contributed by atoms with E-state index in [0.29, 0.717) is 5.82 Å². The maximum absolute atomic E-state index is 6.50. The number of rotatable bonds is 3. The van der Waals surface area contributed by atoms with Crippen molar-refractivity contribution in [3.63, 3.8) is 0 Å². The van der Waals surface area contributed by atoms with Gasteiger partial charge in [-0.1, -0.05) is 115 Å². The summed E-state index contributed by atoms with van der Waals surface area (Å²) in [5.41, 5.74) is 10.9. The molecular weight excluding hydrogens is 538 g/mol. The van der Waals surface area contributed by atoms with E-state index in [9.17, 15) is 0 Å². The normalized spacial score (nSPS) is 13.4. The summed E-state index contributed by atoms with van der Waals surface area (Å²) in [5.74, 6) is 2.42. The quantitative estimate of drug-likeness (QED) is 0.215. The zero-order chi connectivity index (χ0) is 29.1. The highest BCUT2D eigenvalue weighted by atomic mass is 16.5. The number of fused-ring (bicyclic) bond motifs is 9. The Hall–Kier alpha value is -5.87. The third kappa shape index (κ3) is 3.55. The monoisotopic (exact) mass is 563 g/mol. The molecule has 1 aliphatic heterocycles. The van der Waals surface area contributed by atoms with Crippen LogP contribution < -0.4 is 4.74 Å². The number of ether oxygens (including phenoxy) is 1. The van der Waals surface area contributed by atoms with Crippen LogP contribution in [0.25, 0.3) is 45.2 Å². The van der Waals surface area contributed by atoms with Gasteiger partial charge < -0.3 is 4.74 Å². The van der Waals surface area contributed by atoms with E-state index >= 15 is 0 Å². The van der Waals surface area contributed by atoms with Crippen molar-refractivity contribution < 1.29 is 4.74 Å². The fourth-order valence-corrected chi connectivity index (χ4v) is 6.93. The molecule has 0 radical (unpaired) electrons. The van der Waals surface area contributed by atoms with Crippen LogP contribution in [0.15, 0.2) is 152 Å². The molecule has 0 unspecified atom stereocenters. The van der Waals surface area contributed by atoms with Gasteiger partial charge in [-0.15, -0.1) is 0 Å². The van der Waals surface area contributed by atoms with Crippen LogP contribution in [0.5, 0.6) is 11.5 Å². The first-order chi connectivity index (χ1) is 21.8. The van der Waals surface area contributed by atoms with Crippen LogP contribution in [0.2, 0.25) is 0 Å². The number of para-hydroxylation sites is 2. The molecule has 0 saturated heterocycles. The molecule has 4 heteroatoms. The molecule has 0 N–H and O–H groups in total. The minimum Gasteiger partial charge on any atom is -0.457 e. The molecule has 0 atom stereocenters. The second-order valence-electron chi connectivity index (χ2n) is 11.2. The van der Waals surface area contributed by atoms with Crippen molar-refractivity contribution in [1.29, 1.82) is 0 Å². The zero-order valence-corrected chi connectivity index (χ0v) is 23.7. The standard InChI is InChI=1S/C40H25N3O/c1-3-12-26(13-4-1)34-25-35(43-39(42-34)27-14-5-2-6-15-27)28-21-22-29-33(24-28)40(32-18-11-23-41-38(29)32)30-16-7-9-19-36(30)44-37-20-10-8-17-31(37)40/h1-25H. The summed E-state index contributed by atoms with van der Waals surface area (Å²) in [7, 11) is 0. The van der Waals surface area contributed by atoms with Crippen molar-refractivity contribution >= 4 is 0 Å². The second-order valence-corrected chi connectivity index (χ2v) is 11.2.